The number of nitrogens with zero attached hydrogens (tertiary/aromatic N) is 2. The van der Waals surface area contributed by atoms with Crippen molar-refractivity contribution in [2.45, 2.75) is 6.42 Å². The van der Waals surface area contributed by atoms with E-state index in [1.54, 1.807) is 6.07 Å². The Morgan fingerprint density at radius 3 is 2.71 bits per heavy atom. The number of hydrogen-bond acceptors (Lipinski definition) is 6. The number of primary amides is 1. The molecule has 0 aliphatic heterocycles. The molecule has 1 aromatic heterocycles. The molecule has 0 radical (unpaired) electrons. The van der Waals surface area contributed by atoms with E-state index in [1.807, 2.05) is 0 Å². The molecule has 0 spiro atoms. The lowest BCUT2D eigenvalue weighted by molar-refractivity contribution is 0.100. The maximum atomic E-state index is 11.1. The molecule has 0 aliphatic rings. The second kappa shape index (κ2) is 5.82. The van der Waals surface area contributed by atoms with Gasteiger partial charge in [-0.1, -0.05) is 16.8 Å². The van der Waals surface area contributed by atoms with Crippen molar-refractivity contribution in [2.24, 2.45) is 5.73 Å². The molecule has 0 saturated heterocycles. The zero-order valence-corrected chi connectivity index (χ0v) is 12.6. The van der Waals surface area contributed by atoms with Crippen molar-refractivity contribution in [2.75, 3.05) is 12.0 Å². The second-order valence-corrected chi connectivity index (χ2v) is 7.12. The first kappa shape index (κ1) is 15.5. The Bertz CT molecular complexity index is 786. The molecule has 1 amide bonds. The lowest BCUT2D eigenvalue weighted by Gasteiger charge is -2.00. The number of benzene rings is 1. The van der Waals surface area contributed by atoms with Gasteiger partial charge in [-0.05, 0) is 18.2 Å². The molecule has 1 heterocycles. The molecule has 1 aromatic carbocycles. The van der Waals surface area contributed by atoms with E-state index in [0.717, 1.165) is 6.26 Å². The third-order valence-electron chi connectivity index (χ3n) is 2.65. The molecule has 0 fully saturated rings. The molecule has 21 heavy (non-hydrogen) atoms. The predicted molar refractivity (Wildman–Crippen MR) is 76.7 cm³/mol. The van der Waals surface area contributed by atoms with Crippen molar-refractivity contribution in [3.05, 3.63) is 34.6 Å². The smallest absolute Gasteiger partial charge is 0.257 e. The van der Waals surface area contributed by atoms with Gasteiger partial charge >= 0.3 is 0 Å². The number of rotatable bonds is 5. The summed E-state index contributed by atoms with van der Waals surface area (Å²) < 4.78 is 27.2. The minimum absolute atomic E-state index is 0.0622. The van der Waals surface area contributed by atoms with E-state index in [-0.39, 0.29) is 34.5 Å². The van der Waals surface area contributed by atoms with Gasteiger partial charge in [0.15, 0.2) is 5.82 Å². The molecule has 0 unspecified atom stereocenters. The standard InChI is InChI=1S/C12H12ClN3O4S/c1-21(18,19)5-4-10-15-12(20-16-10)7-2-3-8(11(14)17)9(13)6-7/h2-3,6H,4-5H2,1H3,(H2,14,17). The summed E-state index contributed by atoms with van der Waals surface area (Å²) in [5.41, 5.74) is 5.86. The van der Waals surface area contributed by atoms with Gasteiger partial charge in [-0.15, -0.1) is 0 Å². The van der Waals surface area contributed by atoms with Crippen LogP contribution in [0.2, 0.25) is 5.02 Å². The van der Waals surface area contributed by atoms with E-state index in [2.05, 4.69) is 10.1 Å². The monoisotopic (exact) mass is 329 g/mol. The summed E-state index contributed by atoms with van der Waals surface area (Å²) in [6.45, 7) is 0. The number of carbonyl (C=O) groups excluding carboxylic acids is 1. The Morgan fingerprint density at radius 1 is 1.43 bits per heavy atom. The van der Waals surface area contributed by atoms with Gasteiger partial charge in [0.1, 0.15) is 9.84 Å². The van der Waals surface area contributed by atoms with E-state index < -0.39 is 15.7 Å². The highest BCUT2D eigenvalue weighted by atomic mass is 35.5. The van der Waals surface area contributed by atoms with Crippen LogP contribution in [0.4, 0.5) is 0 Å². The van der Waals surface area contributed by atoms with Crippen LogP contribution >= 0.6 is 11.6 Å². The highest BCUT2D eigenvalue weighted by Crippen LogP contribution is 2.24. The zero-order valence-electron chi connectivity index (χ0n) is 11.0. The lowest BCUT2D eigenvalue weighted by Crippen LogP contribution is -2.11. The third-order valence-corrected chi connectivity index (χ3v) is 3.90. The number of aryl methyl sites for hydroxylation is 1. The predicted octanol–water partition coefficient (Wildman–Crippen LogP) is 1.08. The van der Waals surface area contributed by atoms with Crippen molar-refractivity contribution in [3.8, 4) is 11.5 Å². The Morgan fingerprint density at radius 2 is 2.14 bits per heavy atom. The highest BCUT2D eigenvalue weighted by Gasteiger charge is 2.14. The Kier molecular flexibility index (Phi) is 4.29. The topological polar surface area (TPSA) is 116 Å². The first-order chi connectivity index (χ1) is 9.76. The summed E-state index contributed by atoms with van der Waals surface area (Å²) in [6.07, 6.45) is 1.30. The van der Waals surface area contributed by atoms with Gasteiger partial charge < -0.3 is 10.3 Å². The number of nitrogens with two attached hydrogens (primary N) is 1. The second-order valence-electron chi connectivity index (χ2n) is 4.45. The maximum absolute atomic E-state index is 11.1. The van der Waals surface area contributed by atoms with Gasteiger partial charge in [-0.2, -0.15) is 4.98 Å². The van der Waals surface area contributed by atoms with Crippen LogP contribution in [-0.2, 0) is 16.3 Å². The Labute approximate surface area is 126 Å². The molecular formula is C12H12ClN3O4S. The quantitative estimate of drug-likeness (QED) is 0.877. The van der Waals surface area contributed by atoms with Gasteiger partial charge in [0.25, 0.3) is 5.89 Å². The highest BCUT2D eigenvalue weighted by molar-refractivity contribution is 7.90. The number of carbonyl (C=O) groups is 1. The van der Waals surface area contributed by atoms with E-state index in [0.29, 0.717) is 5.56 Å². The van der Waals surface area contributed by atoms with Crippen LogP contribution in [-0.4, -0.2) is 36.5 Å². The third kappa shape index (κ3) is 4.02. The van der Waals surface area contributed by atoms with Crippen molar-refractivity contribution < 1.29 is 17.7 Å². The van der Waals surface area contributed by atoms with Crippen molar-refractivity contribution in [3.63, 3.8) is 0 Å². The van der Waals surface area contributed by atoms with Crippen LogP contribution < -0.4 is 5.73 Å². The summed E-state index contributed by atoms with van der Waals surface area (Å²) in [5.74, 6) is -0.222. The van der Waals surface area contributed by atoms with Crippen molar-refractivity contribution in [1.29, 1.82) is 0 Å². The lowest BCUT2D eigenvalue weighted by atomic mass is 10.1. The molecule has 7 nitrogen and oxygen atoms in total. The first-order valence-corrected chi connectivity index (χ1v) is 8.30. The van der Waals surface area contributed by atoms with E-state index in [4.69, 9.17) is 21.9 Å². The van der Waals surface area contributed by atoms with Crippen LogP contribution in [0.3, 0.4) is 0 Å². The van der Waals surface area contributed by atoms with Gasteiger partial charge in [0.2, 0.25) is 5.91 Å². The van der Waals surface area contributed by atoms with E-state index >= 15 is 0 Å². The van der Waals surface area contributed by atoms with Crippen LogP contribution in [0, 0.1) is 0 Å². The molecular weight excluding hydrogens is 318 g/mol. The van der Waals surface area contributed by atoms with Gasteiger partial charge in [0, 0.05) is 18.2 Å². The van der Waals surface area contributed by atoms with Crippen LogP contribution in [0.5, 0.6) is 0 Å². The molecule has 0 atom stereocenters. The average Bonchev–Trinajstić information content (AvgIpc) is 2.83. The van der Waals surface area contributed by atoms with Crippen LogP contribution in [0.15, 0.2) is 22.7 Å². The SMILES string of the molecule is CS(=O)(=O)CCc1noc(-c2ccc(C(N)=O)c(Cl)c2)n1. The van der Waals surface area contributed by atoms with Crippen molar-refractivity contribution >= 4 is 27.3 Å². The van der Waals surface area contributed by atoms with Gasteiger partial charge in [-0.3, -0.25) is 4.79 Å². The molecule has 2 aromatic rings. The maximum Gasteiger partial charge on any atom is 0.257 e. The number of amides is 1. The number of halogens is 1. The summed E-state index contributed by atoms with van der Waals surface area (Å²) in [5, 5.41) is 3.87. The normalized spacial score (nSPS) is 11.5. The number of sulfone groups is 1. The summed E-state index contributed by atoms with van der Waals surface area (Å²) >= 11 is 5.93. The van der Waals surface area contributed by atoms with Gasteiger partial charge in [0.05, 0.1) is 16.3 Å². The van der Waals surface area contributed by atoms with Gasteiger partial charge in [-0.25, -0.2) is 8.42 Å². The minimum atomic E-state index is -3.09. The molecule has 112 valence electrons. The van der Waals surface area contributed by atoms with Crippen molar-refractivity contribution in [1.82, 2.24) is 10.1 Å². The average molecular weight is 330 g/mol. The fraction of sp³-hybridized carbons (Fsp3) is 0.250. The summed E-state index contributed by atoms with van der Waals surface area (Å²) in [7, 11) is -3.09. The fourth-order valence-corrected chi connectivity index (χ4v) is 2.42. The molecule has 9 heteroatoms. The Hall–Kier alpha value is -1.93. The summed E-state index contributed by atoms with van der Waals surface area (Å²) in [6, 6.07) is 4.51. The minimum Gasteiger partial charge on any atom is -0.366 e. The van der Waals surface area contributed by atoms with E-state index in [9.17, 15) is 13.2 Å². The molecule has 0 aliphatic carbocycles. The number of aromatic nitrogens is 2. The molecule has 2 rings (SSSR count). The fourth-order valence-electron chi connectivity index (χ4n) is 1.60. The molecule has 0 bridgehead atoms. The molecule has 2 N–H and O–H groups in total. The van der Waals surface area contributed by atoms with Crippen LogP contribution in [0.1, 0.15) is 16.2 Å². The Balaban J connectivity index is 2.22. The van der Waals surface area contributed by atoms with Crippen LogP contribution in [0.25, 0.3) is 11.5 Å². The molecule has 0 saturated carbocycles. The number of hydrogen-bond donors (Lipinski definition) is 1. The van der Waals surface area contributed by atoms with E-state index in [1.165, 1.54) is 12.1 Å². The zero-order chi connectivity index (χ0) is 15.6. The first-order valence-electron chi connectivity index (χ1n) is 5.86. The largest absolute Gasteiger partial charge is 0.366 e. The summed E-state index contributed by atoms with van der Waals surface area (Å²) in [4.78, 5) is 15.2.